The number of aryl methyl sites for hydroxylation is 1. The van der Waals surface area contributed by atoms with Crippen molar-refractivity contribution in [2.75, 3.05) is 5.75 Å². The van der Waals surface area contributed by atoms with E-state index in [-0.39, 0.29) is 11.9 Å². The summed E-state index contributed by atoms with van der Waals surface area (Å²) in [5.74, 6) is 0.675. The molecule has 2 aromatic rings. The van der Waals surface area contributed by atoms with Gasteiger partial charge in [0, 0.05) is 16.7 Å². The van der Waals surface area contributed by atoms with E-state index in [4.69, 9.17) is 5.73 Å². The van der Waals surface area contributed by atoms with E-state index >= 15 is 0 Å². The molecule has 1 atom stereocenters. The van der Waals surface area contributed by atoms with Gasteiger partial charge in [0.1, 0.15) is 5.82 Å². The normalized spacial score (nSPS) is 12.4. The van der Waals surface area contributed by atoms with Gasteiger partial charge in [0.2, 0.25) is 0 Å². The number of thioether (sulfide) groups is 1. The zero-order valence-electron chi connectivity index (χ0n) is 11.0. The Balaban J connectivity index is 1.89. The average Bonchev–Trinajstić information content (AvgIpc) is 2.41. The molecule has 0 fully saturated rings. The molecule has 2 N–H and O–H groups in total. The molecule has 0 aliphatic rings. The third-order valence-electron chi connectivity index (χ3n) is 2.99. The fraction of sp³-hybridized carbons (Fsp3) is 0.250. The first-order valence-electron chi connectivity index (χ1n) is 6.33. The van der Waals surface area contributed by atoms with Crippen molar-refractivity contribution in [2.45, 2.75) is 24.3 Å². The fourth-order valence-corrected chi connectivity index (χ4v) is 2.82. The standard InChI is InChI=1S/C16H18FNS/c1-12-9-14(17)8-7-13(12)10-15(18)11-19-16-5-3-2-4-6-16/h2-9,15H,10-11,18H2,1H3. The second kappa shape index (κ2) is 6.73. The van der Waals surface area contributed by atoms with Crippen LogP contribution >= 0.6 is 11.8 Å². The van der Waals surface area contributed by atoms with E-state index in [9.17, 15) is 4.39 Å². The lowest BCUT2D eigenvalue weighted by Crippen LogP contribution is -2.25. The van der Waals surface area contributed by atoms with Crippen molar-refractivity contribution in [1.29, 1.82) is 0 Å². The molecule has 1 unspecified atom stereocenters. The average molecular weight is 275 g/mol. The Morgan fingerprint density at radius 3 is 2.58 bits per heavy atom. The van der Waals surface area contributed by atoms with Gasteiger partial charge >= 0.3 is 0 Å². The molecule has 0 amide bonds. The topological polar surface area (TPSA) is 26.0 Å². The summed E-state index contributed by atoms with van der Waals surface area (Å²) in [6, 6.07) is 15.2. The number of hydrogen-bond acceptors (Lipinski definition) is 2. The molecule has 2 rings (SSSR count). The molecule has 0 aliphatic carbocycles. The predicted octanol–water partition coefficient (Wildman–Crippen LogP) is 3.80. The van der Waals surface area contributed by atoms with E-state index in [0.29, 0.717) is 0 Å². The van der Waals surface area contributed by atoms with Gasteiger partial charge in [-0.2, -0.15) is 0 Å². The van der Waals surface area contributed by atoms with Crippen molar-refractivity contribution in [3.05, 3.63) is 65.5 Å². The summed E-state index contributed by atoms with van der Waals surface area (Å²) >= 11 is 1.76. The molecular formula is C16H18FNS. The predicted molar refractivity (Wildman–Crippen MR) is 80.0 cm³/mol. The van der Waals surface area contributed by atoms with Crippen LogP contribution in [-0.4, -0.2) is 11.8 Å². The van der Waals surface area contributed by atoms with Gasteiger partial charge in [0.25, 0.3) is 0 Å². The zero-order chi connectivity index (χ0) is 13.7. The number of rotatable bonds is 5. The Bertz CT molecular complexity index is 528. The Kier molecular flexibility index (Phi) is 5.00. The van der Waals surface area contributed by atoms with Crippen LogP contribution in [0.1, 0.15) is 11.1 Å². The SMILES string of the molecule is Cc1cc(F)ccc1CC(N)CSc1ccccc1. The lowest BCUT2D eigenvalue weighted by atomic mass is 10.0. The van der Waals surface area contributed by atoms with Gasteiger partial charge in [0.05, 0.1) is 0 Å². The van der Waals surface area contributed by atoms with Gasteiger partial charge in [-0.15, -0.1) is 11.8 Å². The number of nitrogens with two attached hydrogens (primary N) is 1. The molecule has 19 heavy (non-hydrogen) atoms. The quantitative estimate of drug-likeness (QED) is 0.840. The maximum absolute atomic E-state index is 13.0. The molecule has 2 aromatic carbocycles. The second-order valence-electron chi connectivity index (χ2n) is 4.66. The molecule has 1 nitrogen and oxygen atoms in total. The minimum Gasteiger partial charge on any atom is -0.327 e. The van der Waals surface area contributed by atoms with E-state index in [2.05, 4.69) is 12.1 Å². The van der Waals surface area contributed by atoms with Gasteiger partial charge < -0.3 is 5.73 Å². The first-order valence-corrected chi connectivity index (χ1v) is 7.32. The first kappa shape index (κ1) is 14.1. The van der Waals surface area contributed by atoms with Crippen LogP contribution in [0.2, 0.25) is 0 Å². The molecule has 0 saturated heterocycles. The Morgan fingerprint density at radius 1 is 1.16 bits per heavy atom. The van der Waals surface area contributed by atoms with Crippen molar-refractivity contribution >= 4 is 11.8 Å². The van der Waals surface area contributed by atoms with E-state index in [1.165, 1.54) is 11.0 Å². The summed E-state index contributed by atoms with van der Waals surface area (Å²) < 4.78 is 13.0. The third-order valence-corrected chi connectivity index (χ3v) is 4.19. The summed E-state index contributed by atoms with van der Waals surface area (Å²) in [6.07, 6.45) is 0.784. The largest absolute Gasteiger partial charge is 0.327 e. The summed E-state index contributed by atoms with van der Waals surface area (Å²) in [4.78, 5) is 1.23. The van der Waals surface area contributed by atoms with Gasteiger partial charge in [-0.1, -0.05) is 24.3 Å². The molecule has 0 heterocycles. The van der Waals surface area contributed by atoms with Gasteiger partial charge in [0.15, 0.2) is 0 Å². The Hall–Kier alpha value is -1.32. The summed E-state index contributed by atoms with van der Waals surface area (Å²) in [5, 5.41) is 0. The highest BCUT2D eigenvalue weighted by Gasteiger charge is 2.07. The monoisotopic (exact) mass is 275 g/mol. The molecule has 0 aromatic heterocycles. The zero-order valence-corrected chi connectivity index (χ0v) is 11.8. The molecule has 0 saturated carbocycles. The summed E-state index contributed by atoms with van der Waals surface area (Å²) in [7, 11) is 0. The summed E-state index contributed by atoms with van der Waals surface area (Å²) in [6.45, 7) is 1.93. The van der Waals surface area contributed by atoms with Crippen LogP contribution in [0.3, 0.4) is 0 Å². The molecule has 3 heteroatoms. The lowest BCUT2D eigenvalue weighted by Gasteiger charge is -2.13. The van der Waals surface area contributed by atoms with E-state index in [0.717, 1.165) is 23.3 Å². The van der Waals surface area contributed by atoms with Crippen LogP contribution < -0.4 is 5.73 Å². The van der Waals surface area contributed by atoms with Gasteiger partial charge in [-0.25, -0.2) is 4.39 Å². The summed E-state index contributed by atoms with van der Waals surface area (Å²) in [5.41, 5.74) is 8.25. The van der Waals surface area contributed by atoms with Gasteiger partial charge in [-0.3, -0.25) is 0 Å². The van der Waals surface area contributed by atoms with Crippen LogP contribution in [0.25, 0.3) is 0 Å². The van der Waals surface area contributed by atoms with E-state index < -0.39 is 0 Å². The molecule has 0 bridgehead atoms. The molecular weight excluding hydrogens is 257 g/mol. The second-order valence-corrected chi connectivity index (χ2v) is 5.75. The smallest absolute Gasteiger partial charge is 0.123 e. The molecule has 0 spiro atoms. The maximum Gasteiger partial charge on any atom is 0.123 e. The highest BCUT2D eigenvalue weighted by Crippen LogP contribution is 2.19. The van der Waals surface area contributed by atoms with Crippen molar-refractivity contribution in [3.63, 3.8) is 0 Å². The number of hydrogen-bond donors (Lipinski definition) is 1. The van der Waals surface area contributed by atoms with Gasteiger partial charge in [-0.05, 0) is 48.7 Å². The number of benzene rings is 2. The minimum absolute atomic E-state index is 0.0781. The maximum atomic E-state index is 13.0. The molecule has 100 valence electrons. The Labute approximate surface area is 118 Å². The van der Waals surface area contributed by atoms with Crippen molar-refractivity contribution in [2.24, 2.45) is 5.73 Å². The molecule has 0 aliphatic heterocycles. The fourth-order valence-electron chi connectivity index (χ4n) is 1.95. The van der Waals surface area contributed by atoms with E-state index in [1.54, 1.807) is 17.8 Å². The number of halogens is 1. The minimum atomic E-state index is -0.187. The van der Waals surface area contributed by atoms with Crippen LogP contribution in [0.4, 0.5) is 4.39 Å². The lowest BCUT2D eigenvalue weighted by molar-refractivity contribution is 0.624. The van der Waals surface area contributed by atoms with Crippen LogP contribution in [0.5, 0.6) is 0 Å². The van der Waals surface area contributed by atoms with Crippen molar-refractivity contribution < 1.29 is 4.39 Å². The highest BCUT2D eigenvalue weighted by atomic mass is 32.2. The van der Waals surface area contributed by atoms with Crippen molar-refractivity contribution in [1.82, 2.24) is 0 Å². The molecule has 0 radical (unpaired) electrons. The highest BCUT2D eigenvalue weighted by molar-refractivity contribution is 7.99. The van der Waals surface area contributed by atoms with Crippen LogP contribution in [0, 0.1) is 12.7 Å². The first-order chi connectivity index (χ1) is 9.15. The van der Waals surface area contributed by atoms with Crippen molar-refractivity contribution in [3.8, 4) is 0 Å². The van der Waals surface area contributed by atoms with E-state index in [1.807, 2.05) is 31.2 Å². The van der Waals surface area contributed by atoms with Crippen LogP contribution in [-0.2, 0) is 6.42 Å². The van der Waals surface area contributed by atoms with Crippen LogP contribution in [0.15, 0.2) is 53.4 Å². The third kappa shape index (κ3) is 4.37. The Morgan fingerprint density at radius 2 is 1.89 bits per heavy atom.